The molecule has 0 fully saturated rings. The number of hydrogen-bond acceptors (Lipinski definition) is 4. The fourth-order valence-corrected chi connectivity index (χ4v) is 3.95. The fraction of sp³-hybridized carbons (Fsp3) is 0.0952. The van der Waals surface area contributed by atoms with Crippen molar-refractivity contribution >= 4 is 44.7 Å². The molecule has 5 nitrogen and oxygen atoms in total. The quantitative estimate of drug-likeness (QED) is 0.530. The average Bonchev–Trinajstić information content (AvgIpc) is 3.11. The summed E-state index contributed by atoms with van der Waals surface area (Å²) in [6.07, 6.45) is 1.42. The third-order valence-corrected chi connectivity index (χ3v) is 5.50. The van der Waals surface area contributed by atoms with Crippen molar-refractivity contribution in [2.45, 2.75) is 13.5 Å². The van der Waals surface area contributed by atoms with Crippen molar-refractivity contribution in [3.63, 3.8) is 0 Å². The van der Waals surface area contributed by atoms with E-state index in [1.165, 1.54) is 22.2 Å². The molecule has 2 heterocycles. The zero-order chi connectivity index (χ0) is 19.7. The topological polar surface area (TPSA) is 64.0 Å². The second kappa shape index (κ2) is 7.58. The lowest BCUT2D eigenvalue weighted by Crippen LogP contribution is -2.27. The maximum atomic E-state index is 13.0. The van der Waals surface area contributed by atoms with Crippen LogP contribution >= 0.6 is 22.9 Å². The van der Waals surface area contributed by atoms with Gasteiger partial charge >= 0.3 is 0 Å². The Labute approximate surface area is 170 Å². The van der Waals surface area contributed by atoms with Gasteiger partial charge < -0.3 is 5.32 Å². The molecule has 1 amide bonds. The van der Waals surface area contributed by atoms with E-state index in [2.05, 4.69) is 10.3 Å². The van der Waals surface area contributed by atoms with Gasteiger partial charge in [0.15, 0.2) is 0 Å². The Morgan fingerprint density at radius 1 is 1.14 bits per heavy atom. The summed E-state index contributed by atoms with van der Waals surface area (Å²) in [6, 6.07) is 14.8. The fourth-order valence-electron chi connectivity index (χ4n) is 2.91. The zero-order valence-corrected chi connectivity index (χ0v) is 16.6. The number of amides is 1. The highest BCUT2D eigenvalue weighted by atomic mass is 35.5. The van der Waals surface area contributed by atoms with Crippen LogP contribution in [-0.2, 0) is 11.3 Å². The number of anilines is 1. The Morgan fingerprint density at radius 3 is 2.57 bits per heavy atom. The first-order valence-electron chi connectivity index (χ1n) is 8.60. The van der Waals surface area contributed by atoms with Crippen LogP contribution in [0.15, 0.2) is 65.0 Å². The van der Waals surface area contributed by atoms with Crippen LogP contribution < -0.4 is 10.9 Å². The molecule has 2 aromatic heterocycles. The SMILES string of the molecule is Cc1ccc(NC(=O)Cn2cnc3scc(-c4ccc(Cl)cc4)c3c2=O)cc1. The number of nitrogens with one attached hydrogen (secondary N) is 1. The molecule has 7 heteroatoms. The normalized spacial score (nSPS) is 10.9. The molecule has 0 aliphatic heterocycles. The largest absolute Gasteiger partial charge is 0.325 e. The van der Waals surface area contributed by atoms with Crippen molar-refractivity contribution in [1.29, 1.82) is 0 Å². The summed E-state index contributed by atoms with van der Waals surface area (Å²) in [5.41, 5.74) is 3.24. The molecular weight excluding hydrogens is 394 g/mol. The number of aryl methyl sites for hydroxylation is 1. The molecule has 0 saturated carbocycles. The summed E-state index contributed by atoms with van der Waals surface area (Å²) in [5, 5.41) is 5.85. The minimum absolute atomic E-state index is 0.106. The van der Waals surface area contributed by atoms with E-state index in [0.29, 0.717) is 20.9 Å². The van der Waals surface area contributed by atoms with Crippen LogP contribution in [-0.4, -0.2) is 15.5 Å². The van der Waals surface area contributed by atoms with Gasteiger partial charge in [0.1, 0.15) is 11.4 Å². The van der Waals surface area contributed by atoms with Crippen molar-refractivity contribution in [1.82, 2.24) is 9.55 Å². The molecule has 0 aliphatic carbocycles. The summed E-state index contributed by atoms with van der Waals surface area (Å²) in [7, 11) is 0. The third-order valence-electron chi connectivity index (χ3n) is 4.37. The van der Waals surface area contributed by atoms with Gasteiger partial charge in [0, 0.05) is 21.7 Å². The van der Waals surface area contributed by atoms with Gasteiger partial charge in [0.2, 0.25) is 5.91 Å². The molecule has 0 aliphatic rings. The highest BCUT2D eigenvalue weighted by molar-refractivity contribution is 7.17. The van der Waals surface area contributed by atoms with Gasteiger partial charge in [-0.2, -0.15) is 0 Å². The minimum atomic E-state index is -0.282. The van der Waals surface area contributed by atoms with Gasteiger partial charge in [-0.25, -0.2) is 4.98 Å². The molecule has 1 N–H and O–H groups in total. The molecule has 0 radical (unpaired) electrons. The van der Waals surface area contributed by atoms with Crippen LogP contribution in [0.1, 0.15) is 5.56 Å². The number of aromatic nitrogens is 2. The number of carbonyl (C=O) groups excluding carboxylic acids is 1. The highest BCUT2D eigenvalue weighted by Crippen LogP contribution is 2.31. The lowest BCUT2D eigenvalue weighted by atomic mass is 10.1. The number of hydrogen-bond donors (Lipinski definition) is 1. The van der Waals surface area contributed by atoms with Gasteiger partial charge in [0.05, 0.1) is 11.7 Å². The Morgan fingerprint density at radius 2 is 1.86 bits per heavy atom. The van der Waals surface area contributed by atoms with Crippen LogP contribution in [0.5, 0.6) is 0 Å². The van der Waals surface area contributed by atoms with E-state index >= 15 is 0 Å². The van der Waals surface area contributed by atoms with Gasteiger partial charge in [-0.1, -0.05) is 41.4 Å². The van der Waals surface area contributed by atoms with Crippen molar-refractivity contribution in [2.75, 3.05) is 5.32 Å². The zero-order valence-electron chi connectivity index (χ0n) is 15.0. The Balaban J connectivity index is 1.64. The number of halogens is 1. The molecule has 140 valence electrons. The van der Waals surface area contributed by atoms with Crippen molar-refractivity contribution in [3.05, 3.63) is 81.2 Å². The first-order valence-corrected chi connectivity index (χ1v) is 9.86. The number of thiophene rings is 1. The molecule has 28 heavy (non-hydrogen) atoms. The van der Waals surface area contributed by atoms with Crippen LogP contribution in [0.3, 0.4) is 0 Å². The Hall–Kier alpha value is -2.96. The summed E-state index contributed by atoms with van der Waals surface area (Å²) in [5.74, 6) is -0.282. The lowest BCUT2D eigenvalue weighted by Gasteiger charge is -2.08. The molecule has 4 rings (SSSR count). The van der Waals surface area contributed by atoms with Crippen LogP contribution in [0.2, 0.25) is 5.02 Å². The molecule has 0 spiro atoms. The summed E-state index contributed by atoms with van der Waals surface area (Å²) in [4.78, 5) is 30.4. The standard InChI is InChI=1S/C21H16ClN3O2S/c1-13-2-8-16(9-3-13)24-18(26)10-25-12-23-20-19(21(25)27)17(11-28-20)14-4-6-15(22)7-5-14/h2-9,11-12H,10H2,1H3,(H,24,26). The maximum Gasteiger partial charge on any atom is 0.263 e. The summed E-state index contributed by atoms with van der Waals surface area (Å²) in [6.45, 7) is 1.87. The lowest BCUT2D eigenvalue weighted by molar-refractivity contribution is -0.116. The second-order valence-corrected chi connectivity index (χ2v) is 7.72. The number of nitrogens with zero attached hydrogens (tertiary/aromatic N) is 2. The van der Waals surface area contributed by atoms with Crippen molar-refractivity contribution < 1.29 is 4.79 Å². The van der Waals surface area contributed by atoms with Crippen molar-refractivity contribution in [3.8, 4) is 11.1 Å². The maximum absolute atomic E-state index is 13.0. The van der Waals surface area contributed by atoms with Gasteiger partial charge in [-0.3, -0.25) is 14.2 Å². The molecule has 0 bridgehead atoms. The van der Waals surface area contributed by atoms with E-state index in [4.69, 9.17) is 11.6 Å². The predicted octanol–water partition coefficient (Wildman–Crippen LogP) is 4.73. The Bertz CT molecular complexity index is 1210. The van der Waals surface area contributed by atoms with E-state index in [1.807, 2.05) is 48.7 Å². The molecule has 0 atom stereocenters. The van der Waals surface area contributed by atoms with Gasteiger partial charge in [-0.15, -0.1) is 11.3 Å². The first-order chi connectivity index (χ1) is 13.5. The van der Waals surface area contributed by atoms with Gasteiger partial charge in [-0.05, 0) is 36.8 Å². The predicted molar refractivity (Wildman–Crippen MR) is 114 cm³/mol. The second-order valence-electron chi connectivity index (χ2n) is 6.43. The van der Waals surface area contributed by atoms with E-state index in [1.54, 1.807) is 12.1 Å². The number of benzene rings is 2. The highest BCUT2D eigenvalue weighted by Gasteiger charge is 2.15. The van der Waals surface area contributed by atoms with E-state index in [9.17, 15) is 9.59 Å². The Kier molecular flexibility index (Phi) is 4.98. The van der Waals surface area contributed by atoms with E-state index in [0.717, 1.165) is 16.7 Å². The number of rotatable bonds is 4. The number of fused-ring (bicyclic) bond motifs is 1. The van der Waals surface area contributed by atoms with Crippen LogP contribution in [0.4, 0.5) is 5.69 Å². The average molecular weight is 410 g/mol. The van der Waals surface area contributed by atoms with Crippen molar-refractivity contribution in [2.24, 2.45) is 0 Å². The monoisotopic (exact) mass is 409 g/mol. The van der Waals surface area contributed by atoms with Gasteiger partial charge in [0.25, 0.3) is 5.56 Å². The van der Waals surface area contributed by atoms with Crippen LogP contribution in [0.25, 0.3) is 21.3 Å². The summed E-state index contributed by atoms with van der Waals surface area (Å²) < 4.78 is 1.33. The molecule has 0 saturated heterocycles. The molecular formula is C21H16ClN3O2S. The number of carbonyl (C=O) groups is 1. The summed E-state index contributed by atoms with van der Waals surface area (Å²) >= 11 is 7.36. The van der Waals surface area contributed by atoms with E-state index in [-0.39, 0.29) is 18.0 Å². The molecule has 2 aromatic carbocycles. The third kappa shape index (κ3) is 3.69. The van der Waals surface area contributed by atoms with E-state index < -0.39 is 0 Å². The first kappa shape index (κ1) is 18.4. The minimum Gasteiger partial charge on any atom is -0.325 e. The van der Waals surface area contributed by atoms with Crippen LogP contribution in [0, 0.1) is 6.92 Å². The molecule has 0 unspecified atom stereocenters. The smallest absolute Gasteiger partial charge is 0.263 e. The molecule has 4 aromatic rings.